The lowest BCUT2D eigenvalue weighted by atomic mass is 9.81. The number of hydrogen-bond acceptors (Lipinski definition) is 5. The molecule has 0 aliphatic carbocycles. The first-order valence-electron chi connectivity index (χ1n) is 13.9. The van der Waals surface area contributed by atoms with Gasteiger partial charge in [0.1, 0.15) is 22.9 Å². The SMILES string of the molecule is COc1c(/C=C/C2=[N+](C)c3ccccc3C2(C)C)cc2c3c1CCCN3CCC2.Cc1ccc(S(=O)(=O)[O-])cc1. The lowest BCUT2D eigenvalue weighted by Gasteiger charge is -2.38. The van der Waals surface area contributed by atoms with Crippen molar-refractivity contribution in [3.05, 3.63) is 88.5 Å². The van der Waals surface area contributed by atoms with Gasteiger partial charge in [0.05, 0.1) is 17.4 Å². The zero-order valence-electron chi connectivity index (χ0n) is 24.0. The first kappa shape index (κ1) is 28.1. The number of para-hydroxylation sites is 1. The van der Waals surface area contributed by atoms with Crippen LogP contribution in [-0.4, -0.2) is 50.5 Å². The normalized spacial score (nSPS) is 17.3. The van der Waals surface area contributed by atoms with Crippen LogP contribution < -0.4 is 9.64 Å². The molecule has 0 aromatic heterocycles. The molecule has 40 heavy (non-hydrogen) atoms. The Morgan fingerprint density at radius 1 is 1.00 bits per heavy atom. The molecule has 0 unspecified atom stereocenters. The molecule has 0 fully saturated rings. The van der Waals surface area contributed by atoms with Crippen LogP contribution in [0.2, 0.25) is 0 Å². The van der Waals surface area contributed by atoms with E-state index in [0.29, 0.717) is 0 Å². The third-order valence-corrected chi connectivity index (χ3v) is 9.23. The average molecular weight is 559 g/mol. The van der Waals surface area contributed by atoms with E-state index in [-0.39, 0.29) is 10.3 Å². The molecule has 3 aliphatic rings. The van der Waals surface area contributed by atoms with Crippen LogP contribution in [0.4, 0.5) is 11.4 Å². The molecule has 3 aromatic carbocycles. The number of ether oxygens (including phenoxy) is 1. The molecule has 3 heterocycles. The molecule has 3 aromatic rings. The largest absolute Gasteiger partial charge is 0.744 e. The van der Waals surface area contributed by atoms with E-state index < -0.39 is 10.1 Å². The van der Waals surface area contributed by atoms with Crippen molar-refractivity contribution in [1.29, 1.82) is 0 Å². The van der Waals surface area contributed by atoms with Gasteiger partial charge in [-0.05, 0) is 76.3 Å². The summed E-state index contributed by atoms with van der Waals surface area (Å²) >= 11 is 0. The summed E-state index contributed by atoms with van der Waals surface area (Å²) in [5.74, 6) is 1.07. The van der Waals surface area contributed by atoms with Crippen molar-refractivity contribution in [2.75, 3.05) is 32.1 Å². The van der Waals surface area contributed by atoms with Crippen molar-refractivity contribution in [2.45, 2.75) is 56.8 Å². The van der Waals surface area contributed by atoms with Crippen molar-refractivity contribution in [3.63, 3.8) is 0 Å². The second-order valence-electron chi connectivity index (χ2n) is 11.4. The van der Waals surface area contributed by atoms with Crippen molar-refractivity contribution in [1.82, 2.24) is 0 Å². The van der Waals surface area contributed by atoms with Crippen LogP contribution in [0.3, 0.4) is 0 Å². The Labute approximate surface area is 238 Å². The van der Waals surface area contributed by atoms with Crippen LogP contribution in [0.5, 0.6) is 5.75 Å². The Morgan fingerprint density at radius 2 is 1.68 bits per heavy atom. The Balaban J connectivity index is 0.000000248. The van der Waals surface area contributed by atoms with E-state index in [9.17, 15) is 13.0 Å². The molecule has 6 rings (SSSR count). The standard InChI is InChI=1S/C26H31N2O.C7H8O3S/c1-26(2)21-11-5-6-12-22(21)27(3)23(26)14-13-19-17-18-9-7-15-28-16-8-10-20(24(18)28)25(19)29-4;1-6-2-4-7(5-3-6)11(8,9)10/h5-6,11-14,17H,7-10,15-16H2,1-4H3;2-5H,1H3,(H,8,9,10)/q+1;/p-1. The van der Waals surface area contributed by atoms with Gasteiger partial charge in [0.25, 0.3) is 0 Å². The number of anilines is 1. The van der Waals surface area contributed by atoms with Gasteiger partial charge in [-0.2, -0.15) is 4.58 Å². The topological polar surface area (TPSA) is 72.7 Å². The summed E-state index contributed by atoms with van der Waals surface area (Å²) in [5, 5.41) is 0. The van der Waals surface area contributed by atoms with Crippen molar-refractivity contribution >= 4 is 33.3 Å². The van der Waals surface area contributed by atoms with E-state index >= 15 is 0 Å². The van der Waals surface area contributed by atoms with Gasteiger partial charge in [0, 0.05) is 47.6 Å². The maximum atomic E-state index is 10.4. The van der Waals surface area contributed by atoms with Crippen LogP contribution in [-0.2, 0) is 28.4 Å². The number of benzene rings is 3. The molecule has 6 nitrogen and oxygen atoms in total. The first-order chi connectivity index (χ1) is 19.0. The number of fused-ring (bicyclic) bond motifs is 1. The highest BCUT2D eigenvalue weighted by Gasteiger charge is 2.42. The van der Waals surface area contributed by atoms with E-state index in [4.69, 9.17) is 4.74 Å². The number of hydrogen-bond donors (Lipinski definition) is 0. The highest BCUT2D eigenvalue weighted by molar-refractivity contribution is 7.85. The molecule has 0 saturated carbocycles. The van der Waals surface area contributed by atoms with Crippen LogP contribution in [0.1, 0.15) is 54.5 Å². The molecule has 0 N–H and O–H groups in total. The highest BCUT2D eigenvalue weighted by Crippen LogP contribution is 2.44. The summed E-state index contributed by atoms with van der Waals surface area (Å²) in [4.78, 5) is 2.40. The monoisotopic (exact) mass is 558 g/mol. The Bertz CT molecular complexity index is 1600. The van der Waals surface area contributed by atoms with Crippen molar-refractivity contribution in [3.8, 4) is 5.75 Å². The zero-order valence-corrected chi connectivity index (χ0v) is 24.8. The third-order valence-electron chi connectivity index (χ3n) is 8.38. The summed E-state index contributed by atoms with van der Waals surface area (Å²) in [5.41, 5.74) is 10.6. The number of allylic oxidation sites excluding steroid dienone is 1. The Kier molecular flexibility index (Phi) is 7.64. The number of aryl methyl sites for hydroxylation is 2. The van der Waals surface area contributed by atoms with Crippen molar-refractivity contribution < 1.29 is 22.3 Å². The van der Waals surface area contributed by atoms with Gasteiger partial charge in [-0.3, -0.25) is 0 Å². The predicted octanol–water partition coefficient (Wildman–Crippen LogP) is 6.01. The van der Waals surface area contributed by atoms with E-state index in [2.05, 4.69) is 72.9 Å². The fourth-order valence-corrected chi connectivity index (χ4v) is 6.87. The maximum Gasteiger partial charge on any atom is 0.209 e. The van der Waals surface area contributed by atoms with Gasteiger partial charge in [-0.15, -0.1) is 0 Å². The predicted molar refractivity (Wildman–Crippen MR) is 160 cm³/mol. The van der Waals surface area contributed by atoms with Gasteiger partial charge >= 0.3 is 0 Å². The Morgan fingerprint density at radius 3 is 2.33 bits per heavy atom. The highest BCUT2D eigenvalue weighted by atomic mass is 32.2. The summed E-state index contributed by atoms with van der Waals surface area (Å²) in [6.07, 6.45) is 9.36. The fraction of sp³-hybridized carbons (Fsp3) is 0.364. The molecule has 0 radical (unpaired) electrons. The Hall–Kier alpha value is -3.42. The van der Waals surface area contributed by atoms with Crippen LogP contribution in [0.15, 0.2) is 65.6 Å². The van der Waals surface area contributed by atoms with Gasteiger partial charge in [0.15, 0.2) is 5.71 Å². The summed E-state index contributed by atoms with van der Waals surface area (Å²) in [6, 6.07) is 16.9. The minimum Gasteiger partial charge on any atom is -0.744 e. The molecular weight excluding hydrogens is 520 g/mol. The van der Waals surface area contributed by atoms with E-state index in [1.54, 1.807) is 12.1 Å². The number of rotatable bonds is 4. The summed E-state index contributed by atoms with van der Waals surface area (Å²) in [7, 11) is -0.265. The minimum atomic E-state index is -4.27. The van der Waals surface area contributed by atoms with E-state index in [1.807, 2.05) is 14.0 Å². The molecule has 210 valence electrons. The molecule has 0 bridgehead atoms. The van der Waals surface area contributed by atoms with E-state index in [1.165, 1.54) is 83.8 Å². The average Bonchev–Trinajstić information content (AvgIpc) is 3.12. The minimum absolute atomic E-state index is 0.00560. The molecule has 7 heteroatoms. The van der Waals surface area contributed by atoms with Crippen LogP contribution in [0.25, 0.3) is 6.08 Å². The molecule has 3 aliphatic heterocycles. The summed E-state index contributed by atoms with van der Waals surface area (Å²) < 4.78 is 39.5. The van der Waals surface area contributed by atoms with Gasteiger partial charge in [-0.25, -0.2) is 8.42 Å². The summed E-state index contributed by atoms with van der Waals surface area (Å²) in [6.45, 7) is 8.84. The molecular formula is C33H38N2O4S. The van der Waals surface area contributed by atoms with Gasteiger partial charge in [-0.1, -0.05) is 35.9 Å². The maximum absolute atomic E-state index is 10.4. The molecule has 0 saturated heterocycles. The number of methoxy groups -OCH3 is 1. The number of nitrogens with zero attached hydrogens (tertiary/aromatic N) is 2. The smallest absolute Gasteiger partial charge is 0.209 e. The zero-order chi connectivity index (χ0) is 28.7. The van der Waals surface area contributed by atoms with E-state index in [0.717, 1.165) is 17.7 Å². The molecule has 0 atom stereocenters. The lowest BCUT2D eigenvalue weighted by Crippen LogP contribution is -2.34. The van der Waals surface area contributed by atoms with Crippen LogP contribution in [0, 0.1) is 6.92 Å². The molecule has 0 amide bonds. The first-order valence-corrected chi connectivity index (χ1v) is 15.3. The lowest BCUT2D eigenvalue weighted by molar-refractivity contribution is -0.401. The third kappa shape index (κ3) is 5.20. The van der Waals surface area contributed by atoms with Gasteiger partial charge in [0.2, 0.25) is 5.69 Å². The quantitative estimate of drug-likeness (QED) is 0.290. The second kappa shape index (κ2) is 10.9. The van der Waals surface area contributed by atoms with Gasteiger partial charge < -0.3 is 14.2 Å². The fourth-order valence-electron chi connectivity index (χ4n) is 6.40. The molecule has 0 spiro atoms. The second-order valence-corrected chi connectivity index (χ2v) is 12.7. The van der Waals surface area contributed by atoms with Crippen molar-refractivity contribution in [2.24, 2.45) is 0 Å². The van der Waals surface area contributed by atoms with Crippen LogP contribution >= 0.6 is 0 Å².